The molecular weight excluding hydrogens is 362 g/mol. The fourth-order valence-electron chi connectivity index (χ4n) is 2.55. The molecule has 0 saturated carbocycles. The molecule has 0 spiro atoms. The van der Waals surface area contributed by atoms with E-state index in [1.807, 2.05) is 54.8 Å². The SMILES string of the molecule is CCOc1ccccc1C1=N/C(=C\c2csc(-c3ccccn3)n2)C(=O)O1. The first-order valence-corrected chi connectivity index (χ1v) is 9.24. The minimum atomic E-state index is -0.510. The molecule has 1 aliphatic heterocycles. The molecule has 7 heteroatoms. The molecule has 3 heterocycles. The van der Waals surface area contributed by atoms with Gasteiger partial charge in [0.25, 0.3) is 0 Å². The average Bonchev–Trinajstić information content (AvgIpc) is 3.31. The quantitative estimate of drug-likeness (QED) is 0.497. The Kier molecular flexibility index (Phi) is 4.76. The van der Waals surface area contributed by atoms with E-state index in [0.29, 0.717) is 23.6 Å². The first kappa shape index (κ1) is 17.1. The number of para-hydroxylation sites is 1. The average molecular weight is 377 g/mol. The van der Waals surface area contributed by atoms with Crippen molar-refractivity contribution in [1.82, 2.24) is 9.97 Å². The van der Waals surface area contributed by atoms with E-state index in [1.165, 1.54) is 11.3 Å². The van der Waals surface area contributed by atoms with Crippen molar-refractivity contribution in [3.05, 3.63) is 71.0 Å². The number of aromatic nitrogens is 2. The van der Waals surface area contributed by atoms with Crippen molar-refractivity contribution in [3.8, 4) is 16.5 Å². The number of hydrogen-bond acceptors (Lipinski definition) is 7. The van der Waals surface area contributed by atoms with Gasteiger partial charge in [0.2, 0.25) is 5.90 Å². The van der Waals surface area contributed by atoms with E-state index in [-0.39, 0.29) is 11.6 Å². The molecule has 0 bridgehead atoms. The highest BCUT2D eigenvalue weighted by Crippen LogP contribution is 2.27. The summed E-state index contributed by atoms with van der Waals surface area (Å²) in [5.74, 6) is 0.345. The lowest BCUT2D eigenvalue weighted by Gasteiger charge is -2.08. The number of ether oxygens (including phenoxy) is 2. The molecular formula is C20H15N3O3S. The van der Waals surface area contributed by atoms with Crippen molar-refractivity contribution in [2.45, 2.75) is 6.92 Å². The maximum Gasteiger partial charge on any atom is 0.363 e. The molecule has 6 nitrogen and oxygen atoms in total. The van der Waals surface area contributed by atoms with Crippen LogP contribution < -0.4 is 4.74 Å². The molecule has 0 saturated heterocycles. The van der Waals surface area contributed by atoms with Crippen molar-refractivity contribution < 1.29 is 14.3 Å². The summed E-state index contributed by atoms with van der Waals surface area (Å²) in [6.45, 7) is 2.40. The lowest BCUT2D eigenvalue weighted by Crippen LogP contribution is -2.07. The normalized spacial score (nSPS) is 14.9. The molecule has 2 aromatic heterocycles. The highest BCUT2D eigenvalue weighted by atomic mass is 32.1. The topological polar surface area (TPSA) is 73.7 Å². The third-order valence-corrected chi connectivity index (χ3v) is 4.61. The van der Waals surface area contributed by atoms with Crippen molar-refractivity contribution in [3.63, 3.8) is 0 Å². The zero-order valence-electron chi connectivity index (χ0n) is 14.5. The minimum absolute atomic E-state index is 0.203. The molecule has 0 N–H and O–H groups in total. The molecule has 0 aliphatic carbocycles. The summed E-state index contributed by atoms with van der Waals surface area (Å²) in [7, 11) is 0. The number of cyclic esters (lactones) is 1. The number of carbonyl (C=O) groups excluding carboxylic acids is 1. The number of pyridine rings is 1. The first-order valence-electron chi connectivity index (χ1n) is 8.36. The second-order valence-corrected chi connectivity index (χ2v) is 6.42. The Hall–Kier alpha value is -3.32. The van der Waals surface area contributed by atoms with E-state index in [4.69, 9.17) is 9.47 Å². The zero-order valence-corrected chi connectivity index (χ0v) is 15.3. The summed E-state index contributed by atoms with van der Waals surface area (Å²) in [5, 5.41) is 2.63. The maximum absolute atomic E-state index is 12.2. The van der Waals surface area contributed by atoms with Gasteiger partial charge in [-0.3, -0.25) is 4.98 Å². The molecule has 27 heavy (non-hydrogen) atoms. The number of aliphatic imine (C=N–C) groups is 1. The summed E-state index contributed by atoms with van der Waals surface area (Å²) >= 11 is 1.45. The highest BCUT2D eigenvalue weighted by Gasteiger charge is 2.26. The molecule has 134 valence electrons. The zero-order chi connectivity index (χ0) is 18.6. The van der Waals surface area contributed by atoms with Crippen LogP contribution in [0.2, 0.25) is 0 Å². The third kappa shape index (κ3) is 3.63. The Morgan fingerprint density at radius 3 is 2.85 bits per heavy atom. The standard InChI is InChI=1S/C20H15N3O3S/c1-2-25-17-9-4-3-7-14(17)18-23-16(20(24)26-18)11-13-12-27-19(22-13)15-8-5-6-10-21-15/h3-12H,2H2,1H3/b16-11-. The van der Waals surface area contributed by atoms with Crippen LogP contribution in [-0.2, 0) is 9.53 Å². The second-order valence-electron chi connectivity index (χ2n) is 5.56. The van der Waals surface area contributed by atoms with Crippen LogP contribution in [0.4, 0.5) is 0 Å². The van der Waals surface area contributed by atoms with Crippen LogP contribution in [0.1, 0.15) is 18.2 Å². The number of nitrogens with zero attached hydrogens (tertiary/aromatic N) is 3. The van der Waals surface area contributed by atoms with Crippen molar-refractivity contribution in [1.29, 1.82) is 0 Å². The lowest BCUT2D eigenvalue weighted by molar-refractivity contribution is -0.129. The van der Waals surface area contributed by atoms with Crippen LogP contribution in [-0.4, -0.2) is 28.4 Å². The Balaban J connectivity index is 1.63. The van der Waals surface area contributed by atoms with Crippen molar-refractivity contribution in [2.75, 3.05) is 6.61 Å². The minimum Gasteiger partial charge on any atom is -0.493 e. The van der Waals surface area contributed by atoms with Crippen LogP contribution >= 0.6 is 11.3 Å². The van der Waals surface area contributed by atoms with Gasteiger partial charge >= 0.3 is 5.97 Å². The lowest BCUT2D eigenvalue weighted by atomic mass is 10.2. The highest BCUT2D eigenvalue weighted by molar-refractivity contribution is 7.13. The van der Waals surface area contributed by atoms with E-state index in [0.717, 1.165) is 10.7 Å². The number of benzene rings is 1. The predicted molar refractivity (Wildman–Crippen MR) is 104 cm³/mol. The Labute approximate surface area is 159 Å². The summed E-state index contributed by atoms with van der Waals surface area (Å²) in [6.07, 6.45) is 3.33. The van der Waals surface area contributed by atoms with Gasteiger partial charge in [-0.1, -0.05) is 18.2 Å². The molecule has 1 aliphatic rings. The van der Waals surface area contributed by atoms with Crippen molar-refractivity contribution >= 4 is 29.3 Å². The van der Waals surface area contributed by atoms with E-state index >= 15 is 0 Å². The summed E-state index contributed by atoms with van der Waals surface area (Å²) in [5.41, 5.74) is 2.27. The van der Waals surface area contributed by atoms with Gasteiger partial charge < -0.3 is 9.47 Å². The van der Waals surface area contributed by atoms with Crippen LogP contribution in [0.25, 0.3) is 16.8 Å². The van der Waals surface area contributed by atoms with Gasteiger partial charge in [-0.05, 0) is 37.3 Å². The van der Waals surface area contributed by atoms with Crippen molar-refractivity contribution in [2.24, 2.45) is 4.99 Å². The third-order valence-electron chi connectivity index (χ3n) is 3.73. The van der Waals surface area contributed by atoms with E-state index in [2.05, 4.69) is 15.0 Å². The molecule has 1 aromatic carbocycles. The fourth-order valence-corrected chi connectivity index (χ4v) is 3.30. The Morgan fingerprint density at radius 2 is 2.04 bits per heavy atom. The second kappa shape index (κ2) is 7.51. The number of thiazole rings is 1. The molecule has 0 atom stereocenters. The Bertz CT molecular complexity index is 1040. The van der Waals surface area contributed by atoms with Crippen LogP contribution in [0.15, 0.2) is 64.7 Å². The van der Waals surface area contributed by atoms with E-state index in [1.54, 1.807) is 12.3 Å². The van der Waals surface area contributed by atoms with Crippen LogP contribution in [0.5, 0.6) is 5.75 Å². The summed E-state index contributed by atoms with van der Waals surface area (Å²) in [4.78, 5) is 25.3. The number of hydrogen-bond donors (Lipinski definition) is 0. The van der Waals surface area contributed by atoms with Crippen LogP contribution in [0, 0.1) is 0 Å². The van der Waals surface area contributed by atoms with Gasteiger partial charge in [-0.15, -0.1) is 11.3 Å². The van der Waals surface area contributed by atoms with E-state index in [9.17, 15) is 4.79 Å². The summed E-state index contributed by atoms with van der Waals surface area (Å²) in [6, 6.07) is 13.0. The van der Waals surface area contributed by atoms with Gasteiger partial charge in [0, 0.05) is 11.6 Å². The monoisotopic (exact) mass is 377 g/mol. The number of carbonyl (C=O) groups is 1. The fraction of sp³-hybridized carbons (Fsp3) is 0.100. The molecule has 0 radical (unpaired) electrons. The first-order chi connectivity index (χ1) is 13.2. The van der Waals surface area contributed by atoms with Gasteiger partial charge in [-0.2, -0.15) is 0 Å². The number of rotatable bonds is 5. The van der Waals surface area contributed by atoms with Crippen LogP contribution in [0.3, 0.4) is 0 Å². The molecule has 0 amide bonds. The van der Waals surface area contributed by atoms with Gasteiger partial charge in [0.05, 0.1) is 23.6 Å². The molecule has 3 aromatic rings. The van der Waals surface area contributed by atoms with Gasteiger partial charge in [0.15, 0.2) is 5.70 Å². The van der Waals surface area contributed by atoms with Gasteiger partial charge in [-0.25, -0.2) is 14.8 Å². The molecule has 4 rings (SSSR count). The smallest absolute Gasteiger partial charge is 0.363 e. The maximum atomic E-state index is 12.2. The molecule has 0 unspecified atom stereocenters. The predicted octanol–water partition coefficient (Wildman–Crippen LogP) is 3.95. The molecule has 0 fully saturated rings. The Morgan fingerprint density at radius 1 is 1.19 bits per heavy atom. The largest absolute Gasteiger partial charge is 0.493 e. The summed E-state index contributed by atoms with van der Waals surface area (Å²) < 4.78 is 10.9. The number of esters is 1. The van der Waals surface area contributed by atoms with E-state index < -0.39 is 5.97 Å². The van der Waals surface area contributed by atoms with Gasteiger partial charge in [0.1, 0.15) is 10.8 Å².